The molecule has 1 atom stereocenters. The summed E-state index contributed by atoms with van der Waals surface area (Å²) in [6, 6.07) is 4.82. The third kappa shape index (κ3) is 5.01. The summed E-state index contributed by atoms with van der Waals surface area (Å²) in [5.74, 6) is -0.499. The first-order valence-corrected chi connectivity index (χ1v) is 3.65. The van der Waals surface area contributed by atoms with Gasteiger partial charge in [0.05, 0.1) is 6.04 Å². The maximum atomic E-state index is 10.6. The number of nitrogens with two attached hydrogens (primary N) is 2. The van der Waals surface area contributed by atoms with Crippen LogP contribution in [0.1, 0.15) is 5.69 Å². The first-order valence-electron chi connectivity index (χ1n) is 3.65. The molecule has 0 fully saturated rings. The van der Waals surface area contributed by atoms with Crippen molar-refractivity contribution in [2.45, 2.75) is 12.5 Å². The van der Waals surface area contributed by atoms with Crippen LogP contribution in [0.3, 0.4) is 0 Å². The van der Waals surface area contributed by atoms with Crippen molar-refractivity contribution in [2.24, 2.45) is 11.5 Å². The molecule has 1 aromatic rings. The normalized spacial score (nSPS) is 10.6. The van der Waals surface area contributed by atoms with Crippen LogP contribution in [0, 0.1) is 0 Å². The molecule has 0 aromatic carbocycles. The fraction of sp³-hybridized carbons (Fsp3) is 0.250. The van der Waals surface area contributed by atoms with Gasteiger partial charge in [0.2, 0.25) is 5.91 Å². The number of hydrogen-bond acceptors (Lipinski definition) is 3. The number of hydrogen-bond donors (Lipinski definition) is 2. The number of primary amides is 1. The summed E-state index contributed by atoms with van der Waals surface area (Å²) in [7, 11) is 0. The second kappa shape index (κ2) is 7.55. The second-order valence-corrected chi connectivity index (χ2v) is 2.53. The minimum absolute atomic E-state index is 0. The molecule has 14 heavy (non-hydrogen) atoms. The molecule has 1 aromatic heterocycles. The molecule has 1 rings (SSSR count). The van der Waals surface area contributed by atoms with Crippen molar-refractivity contribution in [3.63, 3.8) is 0 Å². The van der Waals surface area contributed by atoms with E-state index in [1.165, 1.54) is 0 Å². The van der Waals surface area contributed by atoms with Gasteiger partial charge in [-0.2, -0.15) is 0 Å². The van der Waals surface area contributed by atoms with E-state index in [-0.39, 0.29) is 24.8 Å². The van der Waals surface area contributed by atoms with E-state index in [1.54, 1.807) is 12.3 Å². The number of halogens is 2. The van der Waals surface area contributed by atoms with Crippen LogP contribution in [0.5, 0.6) is 0 Å². The number of aromatic nitrogens is 1. The van der Waals surface area contributed by atoms with Gasteiger partial charge >= 0.3 is 0 Å². The number of pyridine rings is 1. The number of rotatable bonds is 3. The molecule has 0 spiro atoms. The molecule has 0 unspecified atom stereocenters. The molecule has 1 heterocycles. The van der Waals surface area contributed by atoms with Crippen molar-refractivity contribution in [1.82, 2.24) is 4.98 Å². The molecular weight excluding hydrogens is 225 g/mol. The minimum atomic E-state index is -0.639. The quantitative estimate of drug-likeness (QED) is 0.793. The third-order valence-corrected chi connectivity index (χ3v) is 1.52. The zero-order chi connectivity index (χ0) is 8.97. The molecule has 0 aliphatic rings. The van der Waals surface area contributed by atoms with Gasteiger partial charge in [-0.15, -0.1) is 24.8 Å². The number of amides is 1. The molecule has 0 aliphatic heterocycles. The molecule has 6 heteroatoms. The van der Waals surface area contributed by atoms with Crippen LogP contribution < -0.4 is 11.5 Å². The Labute approximate surface area is 94.9 Å². The van der Waals surface area contributed by atoms with Gasteiger partial charge in [0.15, 0.2) is 0 Å². The lowest BCUT2D eigenvalue weighted by atomic mass is 10.1. The first kappa shape index (κ1) is 15.6. The highest BCUT2D eigenvalue weighted by atomic mass is 35.5. The molecule has 80 valence electrons. The van der Waals surface area contributed by atoms with E-state index in [2.05, 4.69) is 4.98 Å². The van der Waals surface area contributed by atoms with E-state index < -0.39 is 11.9 Å². The number of nitrogens with zero attached hydrogens (tertiary/aromatic N) is 1. The molecule has 1 amide bonds. The summed E-state index contributed by atoms with van der Waals surface area (Å²) >= 11 is 0. The van der Waals surface area contributed by atoms with Crippen molar-refractivity contribution in [3.8, 4) is 0 Å². The zero-order valence-electron chi connectivity index (χ0n) is 7.42. The van der Waals surface area contributed by atoms with E-state index in [4.69, 9.17) is 11.5 Å². The fourth-order valence-electron chi connectivity index (χ4n) is 0.845. The summed E-state index contributed by atoms with van der Waals surface area (Å²) in [6.45, 7) is 0. The Balaban J connectivity index is 0. The summed E-state index contributed by atoms with van der Waals surface area (Å²) < 4.78 is 0. The van der Waals surface area contributed by atoms with E-state index in [9.17, 15) is 4.79 Å². The highest BCUT2D eigenvalue weighted by Crippen LogP contribution is 1.96. The van der Waals surface area contributed by atoms with E-state index in [0.717, 1.165) is 5.69 Å². The van der Waals surface area contributed by atoms with Crippen LogP contribution in [0.25, 0.3) is 0 Å². The van der Waals surface area contributed by atoms with Crippen LogP contribution in [-0.4, -0.2) is 16.9 Å². The van der Waals surface area contributed by atoms with Gasteiger partial charge in [-0.1, -0.05) is 6.07 Å². The Hall–Kier alpha value is -0.840. The fourth-order valence-corrected chi connectivity index (χ4v) is 0.845. The maximum absolute atomic E-state index is 10.6. The van der Waals surface area contributed by atoms with Gasteiger partial charge in [-0.25, -0.2) is 0 Å². The molecule has 0 bridgehead atoms. The lowest BCUT2D eigenvalue weighted by Crippen LogP contribution is -2.38. The van der Waals surface area contributed by atoms with Crippen molar-refractivity contribution < 1.29 is 4.79 Å². The van der Waals surface area contributed by atoms with E-state index >= 15 is 0 Å². The average molecular weight is 238 g/mol. The van der Waals surface area contributed by atoms with Crippen molar-refractivity contribution in [2.75, 3.05) is 0 Å². The van der Waals surface area contributed by atoms with Crippen LogP contribution in [0.4, 0.5) is 0 Å². The topological polar surface area (TPSA) is 82.0 Å². The van der Waals surface area contributed by atoms with Crippen LogP contribution in [0.15, 0.2) is 24.4 Å². The van der Waals surface area contributed by atoms with Gasteiger partial charge in [0, 0.05) is 18.3 Å². The summed E-state index contributed by atoms with van der Waals surface area (Å²) in [6.07, 6.45) is 2.05. The van der Waals surface area contributed by atoms with Gasteiger partial charge < -0.3 is 11.5 Å². The molecular formula is C8H13Cl2N3O. The van der Waals surface area contributed by atoms with Gasteiger partial charge in [0.25, 0.3) is 0 Å². The van der Waals surface area contributed by atoms with E-state index in [0.29, 0.717) is 6.42 Å². The molecule has 0 saturated heterocycles. The van der Waals surface area contributed by atoms with Crippen molar-refractivity contribution in [1.29, 1.82) is 0 Å². The predicted molar refractivity (Wildman–Crippen MR) is 59.6 cm³/mol. The predicted octanol–water partition coefficient (Wildman–Crippen LogP) is 0.280. The van der Waals surface area contributed by atoms with Gasteiger partial charge in [0.1, 0.15) is 0 Å². The standard InChI is InChI=1S/C8H11N3O.2ClH/c9-7(8(10)12)5-6-3-1-2-4-11-6;;/h1-4,7H,5,9H2,(H2,10,12);2*1H/t7-;;/m1../s1. The Morgan fingerprint density at radius 2 is 2.07 bits per heavy atom. The Morgan fingerprint density at radius 1 is 1.43 bits per heavy atom. The highest BCUT2D eigenvalue weighted by molar-refractivity contribution is 5.85. The van der Waals surface area contributed by atoms with Crippen LogP contribution in [-0.2, 0) is 11.2 Å². The Morgan fingerprint density at radius 3 is 2.50 bits per heavy atom. The Kier molecular flexibility index (Phi) is 8.43. The number of carbonyl (C=O) groups is 1. The minimum Gasteiger partial charge on any atom is -0.368 e. The summed E-state index contributed by atoms with van der Waals surface area (Å²) in [4.78, 5) is 14.6. The molecule has 0 saturated carbocycles. The molecule has 4 nitrogen and oxygen atoms in total. The van der Waals surface area contributed by atoms with Gasteiger partial charge in [-0.3, -0.25) is 9.78 Å². The third-order valence-electron chi connectivity index (χ3n) is 1.52. The number of carbonyl (C=O) groups excluding carboxylic acids is 1. The van der Waals surface area contributed by atoms with Crippen molar-refractivity contribution >= 4 is 30.7 Å². The summed E-state index contributed by atoms with van der Waals surface area (Å²) in [5.41, 5.74) is 11.2. The van der Waals surface area contributed by atoms with Gasteiger partial charge in [-0.05, 0) is 12.1 Å². The van der Waals surface area contributed by atoms with Crippen molar-refractivity contribution in [3.05, 3.63) is 30.1 Å². The second-order valence-electron chi connectivity index (χ2n) is 2.53. The van der Waals surface area contributed by atoms with Crippen LogP contribution >= 0.6 is 24.8 Å². The maximum Gasteiger partial charge on any atom is 0.234 e. The lowest BCUT2D eigenvalue weighted by molar-refractivity contribution is -0.119. The zero-order valence-corrected chi connectivity index (χ0v) is 9.05. The highest BCUT2D eigenvalue weighted by Gasteiger charge is 2.09. The smallest absolute Gasteiger partial charge is 0.234 e. The average Bonchev–Trinajstić information content (AvgIpc) is 2.06. The monoisotopic (exact) mass is 237 g/mol. The lowest BCUT2D eigenvalue weighted by Gasteiger charge is -2.05. The van der Waals surface area contributed by atoms with E-state index in [1.807, 2.05) is 12.1 Å². The Bertz CT molecular complexity index is 269. The molecule has 4 N–H and O–H groups in total. The largest absolute Gasteiger partial charge is 0.368 e. The molecule has 0 radical (unpaired) electrons. The summed E-state index contributed by atoms with van der Waals surface area (Å²) in [5, 5.41) is 0. The molecule has 0 aliphatic carbocycles. The first-order chi connectivity index (χ1) is 5.70. The SMILES string of the molecule is Cl.Cl.NC(=O)[C@H](N)Cc1ccccn1. The van der Waals surface area contributed by atoms with Crippen LogP contribution in [0.2, 0.25) is 0 Å².